The fourth-order valence-electron chi connectivity index (χ4n) is 2.19. The van der Waals surface area contributed by atoms with Crippen LogP contribution in [0.25, 0.3) is 10.2 Å². The van der Waals surface area contributed by atoms with E-state index in [4.69, 9.17) is 9.47 Å². The summed E-state index contributed by atoms with van der Waals surface area (Å²) in [7, 11) is 1.88. The Morgan fingerprint density at radius 3 is 3.05 bits per heavy atom. The second-order valence-corrected chi connectivity index (χ2v) is 5.40. The Morgan fingerprint density at radius 2 is 2.26 bits per heavy atom. The van der Waals surface area contributed by atoms with Gasteiger partial charge in [0.2, 0.25) is 0 Å². The van der Waals surface area contributed by atoms with Gasteiger partial charge in [0.15, 0.2) is 5.82 Å². The summed E-state index contributed by atoms with van der Waals surface area (Å²) in [4.78, 5) is 10.0. The molecule has 3 heterocycles. The lowest BCUT2D eigenvalue weighted by Crippen LogP contribution is -2.23. The summed E-state index contributed by atoms with van der Waals surface area (Å²) in [6, 6.07) is 2.04. The van der Waals surface area contributed by atoms with Crippen LogP contribution in [0, 0.1) is 0 Å². The molecule has 6 heteroatoms. The van der Waals surface area contributed by atoms with Crippen LogP contribution in [0.15, 0.2) is 11.4 Å². The maximum absolute atomic E-state index is 5.87. The van der Waals surface area contributed by atoms with Crippen LogP contribution in [0.2, 0.25) is 0 Å². The van der Waals surface area contributed by atoms with Gasteiger partial charge in [0, 0.05) is 20.3 Å². The molecule has 0 amide bonds. The third-order valence-corrected chi connectivity index (χ3v) is 4.03. The minimum atomic E-state index is 0.273. The van der Waals surface area contributed by atoms with Crippen molar-refractivity contribution in [1.82, 2.24) is 9.97 Å². The van der Waals surface area contributed by atoms with Crippen molar-refractivity contribution >= 4 is 27.4 Å². The Labute approximate surface area is 116 Å². The molecule has 0 aliphatic carbocycles. The zero-order valence-electron chi connectivity index (χ0n) is 10.9. The molecule has 2 aromatic rings. The van der Waals surface area contributed by atoms with Crippen LogP contribution in [-0.4, -0.2) is 36.3 Å². The first-order valence-electron chi connectivity index (χ1n) is 6.48. The van der Waals surface area contributed by atoms with E-state index >= 15 is 0 Å². The smallest absolute Gasteiger partial charge is 0.158 e. The summed E-state index contributed by atoms with van der Waals surface area (Å²) in [6.45, 7) is 2.04. The van der Waals surface area contributed by atoms with Crippen molar-refractivity contribution in [2.24, 2.45) is 0 Å². The van der Waals surface area contributed by atoms with E-state index < -0.39 is 0 Å². The fraction of sp³-hybridized carbons (Fsp3) is 0.538. The highest BCUT2D eigenvalue weighted by Gasteiger charge is 2.15. The zero-order valence-corrected chi connectivity index (χ0v) is 11.7. The number of thiophene rings is 1. The van der Waals surface area contributed by atoms with Crippen LogP contribution in [0.1, 0.15) is 18.7 Å². The third kappa shape index (κ3) is 2.86. The summed E-state index contributed by atoms with van der Waals surface area (Å²) in [5.41, 5.74) is 0. The average molecular weight is 279 g/mol. The molecule has 1 N–H and O–H groups in total. The van der Waals surface area contributed by atoms with Gasteiger partial charge in [-0.25, -0.2) is 9.97 Å². The van der Waals surface area contributed by atoms with E-state index in [0.717, 1.165) is 47.9 Å². The monoisotopic (exact) mass is 279 g/mol. The number of hydrogen-bond acceptors (Lipinski definition) is 6. The Hall–Kier alpha value is -1.24. The number of rotatable bonds is 4. The highest BCUT2D eigenvalue weighted by Crippen LogP contribution is 2.25. The van der Waals surface area contributed by atoms with Crippen molar-refractivity contribution in [2.45, 2.75) is 25.6 Å². The number of hydrogen-bond donors (Lipinski definition) is 1. The Morgan fingerprint density at radius 1 is 1.42 bits per heavy atom. The van der Waals surface area contributed by atoms with E-state index in [-0.39, 0.29) is 6.10 Å². The first kappa shape index (κ1) is 12.8. The standard InChI is InChI=1S/C13H17N3O2S/c1-14-12-10-4-7-19-13(10)16-11(15-12)8-18-9-2-5-17-6-3-9/h4,7,9H,2-3,5-6,8H2,1H3,(H,14,15,16). The van der Waals surface area contributed by atoms with Gasteiger partial charge in [-0.3, -0.25) is 0 Å². The molecule has 0 bridgehead atoms. The van der Waals surface area contributed by atoms with Crippen LogP contribution in [0.5, 0.6) is 0 Å². The molecule has 2 aromatic heterocycles. The molecular weight excluding hydrogens is 262 g/mol. The molecule has 102 valence electrons. The molecule has 0 aromatic carbocycles. The van der Waals surface area contributed by atoms with Crippen LogP contribution in [0.4, 0.5) is 5.82 Å². The average Bonchev–Trinajstić information content (AvgIpc) is 2.93. The minimum Gasteiger partial charge on any atom is -0.381 e. The summed E-state index contributed by atoms with van der Waals surface area (Å²) in [5, 5.41) is 6.22. The second kappa shape index (κ2) is 5.81. The molecule has 1 saturated heterocycles. The molecule has 3 rings (SSSR count). The van der Waals surface area contributed by atoms with E-state index in [9.17, 15) is 0 Å². The topological polar surface area (TPSA) is 56.3 Å². The van der Waals surface area contributed by atoms with Crippen LogP contribution < -0.4 is 5.32 Å². The lowest BCUT2D eigenvalue weighted by molar-refractivity contribution is -0.0408. The first-order valence-corrected chi connectivity index (χ1v) is 7.36. The van der Waals surface area contributed by atoms with E-state index in [1.807, 2.05) is 18.5 Å². The molecule has 0 radical (unpaired) electrons. The van der Waals surface area contributed by atoms with Gasteiger partial charge in [0.1, 0.15) is 17.3 Å². The van der Waals surface area contributed by atoms with E-state index in [1.165, 1.54) is 0 Å². The van der Waals surface area contributed by atoms with Crippen molar-refractivity contribution in [3.8, 4) is 0 Å². The summed E-state index contributed by atoms with van der Waals surface area (Å²) < 4.78 is 11.2. The number of aromatic nitrogens is 2. The minimum absolute atomic E-state index is 0.273. The van der Waals surface area contributed by atoms with Gasteiger partial charge >= 0.3 is 0 Å². The molecule has 1 aliphatic heterocycles. The Kier molecular flexibility index (Phi) is 3.91. The third-order valence-electron chi connectivity index (χ3n) is 3.22. The number of ether oxygens (including phenoxy) is 2. The van der Waals surface area contributed by atoms with Gasteiger partial charge in [-0.2, -0.15) is 0 Å². The van der Waals surface area contributed by atoms with Gasteiger partial charge in [0.25, 0.3) is 0 Å². The Bertz CT molecular complexity index is 552. The number of fused-ring (bicyclic) bond motifs is 1. The van der Waals surface area contributed by atoms with E-state index in [2.05, 4.69) is 15.3 Å². The Balaban J connectivity index is 1.73. The van der Waals surface area contributed by atoms with Gasteiger partial charge in [0.05, 0.1) is 11.5 Å². The molecule has 0 unspecified atom stereocenters. The van der Waals surface area contributed by atoms with Crippen molar-refractivity contribution in [2.75, 3.05) is 25.6 Å². The van der Waals surface area contributed by atoms with Crippen LogP contribution in [-0.2, 0) is 16.1 Å². The zero-order chi connectivity index (χ0) is 13.1. The van der Waals surface area contributed by atoms with Crippen molar-refractivity contribution in [3.63, 3.8) is 0 Å². The maximum Gasteiger partial charge on any atom is 0.158 e. The maximum atomic E-state index is 5.87. The molecular formula is C13H17N3O2S. The van der Waals surface area contributed by atoms with E-state index in [0.29, 0.717) is 6.61 Å². The van der Waals surface area contributed by atoms with Gasteiger partial charge in [-0.1, -0.05) is 0 Å². The molecule has 0 atom stereocenters. The summed E-state index contributed by atoms with van der Waals surface area (Å²) >= 11 is 1.63. The molecule has 5 nitrogen and oxygen atoms in total. The highest BCUT2D eigenvalue weighted by atomic mass is 32.1. The highest BCUT2D eigenvalue weighted by molar-refractivity contribution is 7.16. The molecule has 1 aliphatic rings. The van der Waals surface area contributed by atoms with Crippen LogP contribution >= 0.6 is 11.3 Å². The molecule has 0 saturated carbocycles. The van der Waals surface area contributed by atoms with Crippen LogP contribution in [0.3, 0.4) is 0 Å². The van der Waals surface area contributed by atoms with Crippen molar-refractivity contribution in [3.05, 3.63) is 17.3 Å². The first-order chi connectivity index (χ1) is 9.36. The largest absolute Gasteiger partial charge is 0.381 e. The fourth-order valence-corrected chi connectivity index (χ4v) is 2.97. The van der Waals surface area contributed by atoms with Crippen molar-refractivity contribution < 1.29 is 9.47 Å². The molecule has 0 spiro atoms. The van der Waals surface area contributed by atoms with Crippen molar-refractivity contribution in [1.29, 1.82) is 0 Å². The SMILES string of the molecule is CNc1nc(COC2CCOCC2)nc2sccc12. The predicted octanol–water partition coefficient (Wildman–Crippen LogP) is 2.43. The summed E-state index contributed by atoms with van der Waals surface area (Å²) in [5.74, 6) is 1.61. The molecule has 1 fully saturated rings. The number of nitrogens with zero attached hydrogens (tertiary/aromatic N) is 2. The van der Waals surface area contributed by atoms with E-state index in [1.54, 1.807) is 11.3 Å². The van der Waals surface area contributed by atoms with Gasteiger partial charge in [-0.15, -0.1) is 11.3 Å². The number of nitrogens with one attached hydrogen (secondary N) is 1. The summed E-state index contributed by atoms with van der Waals surface area (Å²) in [6.07, 6.45) is 2.19. The van der Waals surface area contributed by atoms with Gasteiger partial charge in [-0.05, 0) is 24.3 Å². The lowest BCUT2D eigenvalue weighted by atomic mass is 10.2. The molecule has 19 heavy (non-hydrogen) atoms. The number of anilines is 1. The predicted molar refractivity (Wildman–Crippen MR) is 75.6 cm³/mol. The normalized spacial score (nSPS) is 16.9. The quantitative estimate of drug-likeness (QED) is 0.931. The lowest BCUT2D eigenvalue weighted by Gasteiger charge is -2.22. The second-order valence-electron chi connectivity index (χ2n) is 4.50. The van der Waals surface area contributed by atoms with Gasteiger partial charge < -0.3 is 14.8 Å².